The summed E-state index contributed by atoms with van der Waals surface area (Å²) >= 11 is 0. The maximum atomic E-state index is 10.2. The topological polar surface area (TPSA) is 37.0 Å². The summed E-state index contributed by atoms with van der Waals surface area (Å²) in [6.07, 6.45) is 19.9. The predicted octanol–water partition coefficient (Wildman–Crippen LogP) is 6.21. The molecule has 0 aliphatic rings. The molecule has 2 nitrogen and oxygen atoms in total. The van der Waals surface area contributed by atoms with Crippen LogP contribution in [0, 0.1) is 0 Å². The monoisotopic (exact) mass is 283 g/mol. The van der Waals surface area contributed by atoms with Crippen molar-refractivity contribution in [3.63, 3.8) is 0 Å². The van der Waals surface area contributed by atoms with Gasteiger partial charge >= 0.3 is 5.97 Å². The van der Waals surface area contributed by atoms with Crippen LogP contribution in [0.3, 0.4) is 0 Å². The molecule has 0 atom stereocenters. The molecule has 0 aromatic heterocycles. The van der Waals surface area contributed by atoms with Gasteiger partial charge in [0.05, 0.1) is 6.42 Å². The molecule has 1 radical (unpaired) electrons. The van der Waals surface area contributed by atoms with Crippen LogP contribution in [0.1, 0.15) is 110 Å². The molecule has 0 saturated carbocycles. The summed E-state index contributed by atoms with van der Waals surface area (Å²) < 4.78 is 0. The summed E-state index contributed by atoms with van der Waals surface area (Å²) in [5, 5.41) is 10.2. The molecular formula is C18H35O2. The van der Waals surface area contributed by atoms with Gasteiger partial charge in [-0.25, -0.2) is 9.90 Å². The second-order valence-electron chi connectivity index (χ2n) is 6.07. The highest BCUT2D eigenvalue weighted by molar-refractivity contribution is 5.66. The third kappa shape index (κ3) is 17.5. The Bertz CT molecular complexity index is 202. The first-order valence-electron chi connectivity index (χ1n) is 8.97. The average molecular weight is 283 g/mol. The van der Waals surface area contributed by atoms with Crippen molar-refractivity contribution in [2.75, 3.05) is 0 Å². The second kappa shape index (κ2) is 16.5. The minimum absolute atomic E-state index is 0.234. The highest BCUT2D eigenvalue weighted by atomic mass is 16.4. The van der Waals surface area contributed by atoms with E-state index in [1.54, 1.807) is 0 Å². The van der Waals surface area contributed by atoms with Gasteiger partial charge in [-0.2, -0.15) is 0 Å². The molecule has 0 rings (SSSR count). The average Bonchev–Trinajstić information content (AvgIpc) is 2.43. The van der Waals surface area contributed by atoms with E-state index in [0.29, 0.717) is 0 Å². The van der Waals surface area contributed by atoms with Crippen LogP contribution in [-0.2, 0) is 9.90 Å². The zero-order valence-electron chi connectivity index (χ0n) is 13.6. The molecule has 0 spiro atoms. The first kappa shape index (κ1) is 19.5. The standard InChI is InChI=1S/C18H35O2/c1-2-3-4-5-6-7-8-9-10-11-12-13-14-15-16-17-18(19)20/h2-17H2,1H3. The van der Waals surface area contributed by atoms with E-state index in [1.807, 2.05) is 0 Å². The number of carbonyl (C=O) groups is 1. The Morgan fingerprint density at radius 2 is 0.850 bits per heavy atom. The van der Waals surface area contributed by atoms with Crippen LogP contribution in [0.4, 0.5) is 0 Å². The Labute approximate surface area is 126 Å². The molecule has 0 heterocycles. The van der Waals surface area contributed by atoms with Gasteiger partial charge in [0.25, 0.3) is 0 Å². The SMILES string of the molecule is CCCCCCCCCCCCCCCCCC([O])=O. The summed E-state index contributed by atoms with van der Waals surface area (Å²) in [4.78, 5) is 10.2. The summed E-state index contributed by atoms with van der Waals surface area (Å²) in [5.41, 5.74) is 0. The van der Waals surface area contributed by atoms with Crippen molar-refractivity contribution < 1.29 is 9.90 Å². The molecule has 0 fully saturated rings. The molecule has 2 heteroatoms. The molecule has 0 aliphatic carbocycles. The Kier molecular flexibility index (Phi) is 16.1. The van der Waals surface area contributed by atoms with E-state index in [-0.39, 0.29) is 6.42 Å². The first-order chi connectivity index (χ1) is 9.77. The third-order valence-electron chi connectivity index (χ3n) is 3.98. The minimum Gasteiger partial charge on any atom is -0.247 e. The molecule has 0 saturated heterocycles. The fraction of sp³-hybridized carbons (Fsp3) is 0.944. The molecule has 0 aromatic rings. The van der Waals surface area contributed by atoms with Crippen LogP contribution in [0.25, 0.3) is 0 Å². The van der Waals surface area contributed by atoms with Crippen LogP contribution >= 0.6 is 0 Å². The number of carbonyl (C=O) groups excluding carboxylic acids is 1. The number of rotatable bonds is 16. The Balaban J connectivity index is 2.94. The molecule has 0 unspecified atom stereocenters. The summed E-state index contributed by atoms with van der Waals surface area (Å²) in [6.45, 7) is 2.27. The van der Waals surface area contributed by atoms with Crippen LogP contribution in [0.5, 0.6) is 0 Å². The lowest BCUT2D eigenvalue weighted by atomic mass is 10.0. The zero-order valence-corrected chi connectivity index (χ0v) is 13.6. The predicted molar refractivity (Wildman–Crippen MR) is 85.2 cm³/mol. The molecular weight excluding hydrogens is 248 g/mol. The summed E-state index contributed by atoms with van der Waals surface area (Å²) in [5.74, 6) is -0.903. The molecule has 0 amide bonds. The van der Waals surface area contributed by atoms with Gasteiger partial charge in [0.15, 0.2) is 0 Å². The molecule has 119 valence electrons. The molecule has 20 heavy (non-hydrogen) atoms. The van der Waals surface area contributed by atoms with Crippen molar-refractivity contribution in [3.05, 3.63) is 0 Å². The van der Waals surface area contributed by atoms with Crippen LogP contribution in [-0.4, -0.2) is 5.97 Å². The van der Waals surface area contributed by atoms with Crippen LogP contribution < -0.4 is 0 Å². The van der Waals surface area contributed by atoms with Crippen LogP contribution in [0.2, 0.25) is 0 Å². The van der Waals surface area contributed by atoms with Crippen molar-refractivity contribution in [2.24, 2.45) is 0 Å². The Morgan fingerprint density at radius 3 is 1.15 bits per heavy atom. The van der Waals surface area contributed by atoms with Gasteiger partial charge < -0.3 is 0 Å². The normalized spacial score (nSPS) is 10.8. The number of hydrogen-bond donors (Lipinski definition) is 0. The van der Waals surface area contributed by atoms with Crippen molar-refractivity contribution >= 4 is 5.97 Å². The van der Waals surface area contributed by atoms with Crippen molar-refractivity contribution in [1.29, 1.82) is 0 Å². The van der Waals surface area contributed by atoms with E-state index in [2.05, 4.69) is 6.92 Å². The van der Waals surface area contributed by atoms with Crippen molar-refractivity contribution in [2.45, 2.75) is 110 Å². The van der Waals surface area contributed by atoms with Crippen molar-refractivity contribution in [3.8, 4) is 0 Å². The van der Waals surface area contributed by atoms with Gasteiger partial charge in [-0.3, -0.25) is 0 Å². The van der Waals surface area contributed by atoms with E-state index in [0.717, 1.165) is 12.8 Å². The van der Waals surface area contributed by atoms with Gasteiger partial charge in [0, 0.05) is 0 Å². The van der Waals surface area contributed by atoms with E-state index in [9.17, 15) is 9.90 Å². The number of hydrogen-bond acceptors (Lipinski definition) is 1. The highest BCUT2D eigenvalue weighted by Crippen LogP contribution is 2.13. The minimum atomic E-state index is -0.903. The van der Waals surface area contributed by atoms with Crippen LogP contribution in [0.15, 0.2) is 0 Å². The molecule has 0 bridgehead atoms. The molecule has 0 N–H and O–H groups in total. The lowest BCUT2D eigenvalue weighted by molar-refractivity contribution is -0.143. The van der Waals surface area contributed by atoms with E-state index in [4.69, 9.17) is 0 Å². The lowest BCUT2D eigenvalue weighted by Gasteiger charge is -2.03. The maximum Gasteiger partial charge on any atom is 0.355 e. The first-order valence-corrected chi connectivity index (χ1v) is 8.97. The van der Waals surface area contributed by atoms with Gasteiger partial charge in [-0.15, -0.1) is 0 Å². The molecule has 0 aliphatic heterocycles. The summed E-state index contributed by atoms with van der Waals surface area (Å²) in [6, 6.07) is 0. The zero-order chi connectivity index (χ0) is 14.9. The van der Waals surface area contributed by atoms with E-state index in [1.165, 1.54) is 83.5 Å². The smallest absolute Gasteiger partial charge is 0.247 e. The quantitative estimate of drug-likeness (QED) is 0.310. The van der Waals surface area contributed by atoms with Gasteiger partial charge in [-0.05, 0) is 6.42 Å². The largest absolute Gasteiger partial charge is 0.355 e. The maximum absolute atomic E-state index is 10.2. The van der Waals surface area contributed by atoms with Gasteiger partial charge in [0.1, 0.15) is 0 Å². The molecule has 0 aromatic carbocycles. The van der Waals surface area contributed by atoms with Gasteiger partial charge in [0.2, 0.25) is 0 Å². The van der Waals surface area contributed by atoms with E-state index >= 15 is 0 Å². The third-order valence-corrected chi connectivity index (χ3v) is 3.98. The van der Waals surface area contributed by atoms with Crippen molar-refractivity contribution in [1.82, 2.24) is 0 Å². The van der Waals surface area contributed by atoms with Gasteiger partial charge in [-0.1, -0.05) is 96.8 Å². The fourth-order valence-corrected chi connectivity index (χ4v) is 2.64. The highest BCUT2D eigenvalue weighted by Gasteiger charge is 1.98. The number of unbranched alkanes of at least 4 members (excludes halogenated alkanes) is 14. The Morgan fingerprint density at radius 1 is 0.550 bits per heavy atom. The van der Waals surface area contributed by atoms with E-state index < -0.39 is 5.97 Å². The summed E-state index contributed by atoms with van der Waals surface area (Å²) in [7, 11) is 0. The fourth-order valence-electron chi connectivity index (χ4n) is 2.64. The lowest BCUT2D eigenvalue weighted by Crippen LogP contribution is -1.91. The Hall–Kier alpha value is -0.530. The second-order valence-corrected chi connectivity index (χ2v) is 6.07.